The van der Waals surface area contributed by atoms with Gasteiger partial charge in [-0.3, -0.25) is 0 Å². The van der Waals surface area contributed by atoms with Gasteiger partial charge in [-0.1, -0.05) is 19.1 Å². The Hall–Kier alpha value is -2.61. The molecule has 142 valence electrons. The van der Waals surface area contributed by atoms with Crippen LogP contribution >= 0.6 is 0 Å². The van der Waals surface area contributed by atoms with Crippen molar-refractivity contribution < 1.29 is 9.84 Å². The van der Waals surface area contributed by atoms with Crippen molar-refractivity contribution in [1.82, 2.24) is 15.0 Å². The third-order valence-corrected chi connectivity index (χ3v) is 3.68. The Kier molecular flexibility index (Phi) is 7.40. The molecule has 1 aromatic carbocycles. The van der Waals surface area contributed by atoms with Crippen molar-refractivity contribution in [1.29, 1.82) is 0 Å². The molecular formula is C18H28N6O2. The fourth-order valence-corrected chi connectivity index (χ4v) is 2.27. The average molecular weight is 360 g/mol. The smallest absolute Gasteiger partial charge is 0.229 e. The zero-order valence-corrected chi connectivity index (χ0v) is 15.8. The molecule has 0 bridgehead atoms. The molecule has 4 N–H and O–H groups in total. The molecule has 0 fully saturated rings. The number of rotatable bonds is 10. The minimum absolute atomic E-state index is 0.0156. The number of aromatic nitrogens is 3. The van der Waals surface area contributed by atoms with Gasteiger partial charge in [0.1, 0.15) is 5.75 Å². The molecule has 1 atom stereocenters. The Morgan fingerprint density at radius 1 is 1.08 bits per heavy atom. The highest BCUT2D eigenvalue weighted by atomic mass is 16.5. The number of aliphatic hydroxyl groups is 1. The van der Waals surface area contributed by atoms with Crippen LogP contribution in [-0.2, 0) is 6.54 Å². The zero-order valence-electron chi connectivity index (χ0n) is 15.8. The molecule has 0 saturated carbocycles. The van der Waals surface area contributed by atoms with Gasteiger partial charge in [0.15, 0.2) is 0 Å². The number of hydrogen-bond donors (Lipinski definition) is 4. The van der Waals surface area contributed by atoms with E-state index in [1.165, 1.54) is 0 Å². The van der Waals surface area contributed by atoms with Crippen LogP contribution in [-0.4, -0.2) is 45.9 Å². The van der Waals surface area contributed by atoms with E-state index in [0.717, 1.165) is 17.7 Å². The molecule has 0 saturated heterocycles. The Morgan fingerprint density at radius 2 is 1.77 bits per heavy atom. The summed E-state index contributed by atoms with van der Waals surface area (Å²) in [5, 5.41) is 18.9. The second-order valence-corrected chi connectivity index (χ2v) is 6.24. The molecule has 0 aliphatic carbocycles. The molecule has 8 nitrogen and oxygen atoms in total. The zero-order chi connectivity index (χ0) is 18.9. The van der Waals surface area contributed by atoms with Gasteiger partial charge >= 0.3 is 0 Å². The summed E-state index contributed by atoms with van der Waals surface area (Å²) in [6.07, 6.45) is 0.766. The maximum Gasteiger partial charge on any atom is 0.229 e. The number of nitrogens with one attached hydrogen (secondary N) is 3. The Bertz CT molecular complexity index is 691. The highest BCUT2D eigenvalue weighted by molar-refractivity contribution is 5.43. The van der Waals surface area contributed by atoms with Gasteiger partial charge in [-0.25, -0.2) is 0 Å². The van der Waals surface area contributed by atoms with E-state index in [-0.39, 0.29) is 18.7 Å². The lowest BCUT2D eigenvalue weighted by molar-refractivity contribution is 0.271. The second-order valence-electron chi connectivity index (χ2n) is 6.24. The fourth-order valence-electron chi connectivity index (χ4n) is 2.27. The second kappa shape index (κ2) is 9.76. The van der Waals surface area contributed by atoms with Gasteiger partial charge in [0.2, 0.25) is 17.8 Å². The summed E-state index contributed by atoms with van der Waals surface area (Å²) in [6, 6.07) is 7.89. The minimum atomic E-state index is -0.101. The monoisotopic (exact) mass is 360 g/mol. The van der Waals surface area contributed by atoms with Crippen molar-refractivity contribution in [3.8, 4) is 5.75 Å². The van der Waals surface area contributed by atoms with Gasteiger partial charge in [0, 0.05) is 12.6 Å². The van der Waals surface area contributed by atoms with Crippen molar-refractivity contribution in [2.45, 2.75) is 45.8 Å². The van der Waals surface area contributed by atoms with Crippen molar-refractivity contribution in [3.63, 3.8) is 0 Å². The van der Waals surface area contributed by atoms with Crippen LogP contribution in [0.5, 0.6) is 5.75 Å². The molecule has 0 aliphatic heterocycles. The summed E-state index contributed by atoms with van der Waals surface area (Å²) in [7, 11) is 1.64. The summed E-state index contributed by atoms with van der Waals surface area (Å²) < 4.78 is 5.24. The number of anilines is 3. The average Bonchev–Trinajstić information content (AvgIpc) is 2.64. The van der Waals surface area contributed by atoms with Crippen LogP contribution in [0.1, 0.15) is 32.8 Å². The molecule has 0 unspecified atom stereocenters. The summed E-state index contributed by atoms with van der Waals surface area (Å²) >= 11 is 0. The van der Waals surface area contributed by atoms with Crippen molar-refractivity contribution in [2.75, 3.05) is 29.7 Å². The van der Waals surface area contributed by atoms with E-state index < -0.39 is 0 Å². The van der Waals surface area contributed by atoms with Crippen LogP contribution in [0.2, 0.25) is 0 Å². The van der Waals surface area contributed by atoms with Crippen molar-refractivity contribution in [3.05, 3.63) is 29.8 Å². The number of ether oxygens (including phenoxy) is 1. The predicted octanol–water partition coefficient (Wildman–Crippen LogP) is 2.50. The van der Waals surface area contributed by atoms with Crippen LogP contribution < -0.4 is 20.7 Å². The highest BCUT2D eigenvalue weighted by Gasteiger charge is 2.11. The first-order valence-corrected chi connectivity index (χ1v) is 8.80. The van der Waals surface area contributed by atoms with Crippen LogP contribution in [0.4, 0.5) is 17.8 Å². The van der Waals surface area contributed by atoms with Crippen LogP contribution in [0.25, 0.3) is 0 Å². The fraction of sp³-hybridized carbons (Fsp3) is 0.500. The van der Waals surface area contributed by atoms with Gasteiger partial charge < -0.3 is 25.8 Å². The maximum atomic E-state index is 9.40. The van der Waals surface area contributed by atoms with Gasteiger partial charge in [0.25, 0.3) is 0 Å². The molecule has 1 aromatic heterocycles. The standard InChI is InChI=1S/C18H28N6O2/c1-5-14(11-25)21-18-23-16(22-17(24-18)20-12(2)3)19-10-13-7-6-8-15(9-13)26-4/h6-9,12,14,25H,5,10-11H2,1-4H3,(H3,19,20,21,22,23,24)/t14-/m1/s1. The number of benzene rings is 1. The molecule has 0 spiro atoms. The number of methoxy groups -OCH3 is 1. The first kappa shape index (κ1) is 19.7. The summed E-state index contributed by atoms with van der Waals surface area (Å²) in [5.41, 5.74) is 1.06. The molecule has 26 heavy (non-hydrogen) atoms. The molecular weight excluding hydrogens is 332 g/mol. The minimum Gasteiger partial charge on any atom is -0.497 e. The van der Waals surface area contributed by atoms with Crippen molar-refractivity contribution in [2.24, 2.45) is 0 Å². The largest absolute Gasteiger partial charge is 0.497 e. The van der Waals surface area contributed by atoms with E-state index >= 15 is 0 Å². The van der Waals surface area contributed by atoms with Gasteiger partial charge in [-0.2, -0.15) is 15.0 Å². The van der Waals surface area contributed by atoms with E-state index in [1.807, 2.05) is 45.0 Å². The molecule has 0 aliphatic rings. The van der Waals surface area contributed by atoms with E-state index in [9.17, 15) is 5.11 Å². The molecule has 1 heterocycles. The molecule has 2 aromatic rings. The van der Waals surface area contributed by atoms with E-state index in [4.69, 9.17) is 4.74 Å². The Labute approximate surface area is 154 Å². The summed E-state index contributed by atoms with van der Waals surface area (Å²) in [6.45, 7) is 6.59. The highest BCUT2D eigenvalue weighted by Crippen LogP contribution is 2.15. The molecule has 2 rings (SSSR count). The third kappa shape index (κ3) is 6.03. The topological polar surface area (TPSA) is 104 Å². The molecule has 8 heteroatoms. The number of hydrogen-bond acceptors (Lipinski definition) is 8. The third-order valence-electron chi connectivity index (χ3n) is 3.68. The van der Waals surface area contributed by atoms with Crippen LogP contribution in [0.3, 0.4) is 0 Å². The summed E-state index contributed by atoms with van der Waals surface area (Å²) in [5.74, 6) is 2.18. The lowest BCUT2D eigenvalue weighted by Crippen LogP contribution is -2.25. The lowest BCUT2D eigenvalue weighted by Gasteiger charge is -2.16. The van der Waals surface area contributed by atoms with Crippen LogP contribution in [0.15, 0.2) is 24.3 Å². The normalized spacial score (nSPS) is 11.9. The first-order valence-electron chi connectivity index (χ1n) is 8.80. The van der Waals surface area contributed by atoms with Crippen molar-refractivity contribution >= 4 is 17.8 Å². The predicted molar refractivity (Wildman–Crippen MR) is 104 cm³/mol. The summed E-state index contributed by atoms with van der Waals surface area (Å²) in [4.78, 5) is 13.2. The van der Waals surface area contributed by atoms with Gasteiger partial charge in [0.05, 0.1) is 19.8 Å². The van der Waals surface area contributed by atoms with E-state index in [0.29, 0.717) is 24.4 Å². The maximum absolute atomic E-state index is 9.40. The van der Waals surface area contributed by atoms with E-state index in [2.05, 4.69) is 30.9 Å². The van der Waals surface area contributed by atoms with Gasteiger partial charge in [-0.05, 0) is 38.0 Å². The quantitative estimate of drug-likeness (QED) is 0.512. The molecule has 0 amide bonds. The Balaban J connectivity index is 2.16. The lowest BCUT2D eigenvalue weighted by atomic mass is 10.2. The van der Waals surface area contributed by atoms with Crippen LogP contribution in [0, 0.1) is 0 Å². The SMILES string of the molecule is CC[C@H](CO)Nc1nc(NCc2cccc(OC)c2)nc(NC(C)C)n1. The number of aliphatic hydroxyl groups excluding tert-OH is 1. The molecule has 0 radical (unpaired) electrons. The Morgan fingerprint density at radius 3 is 2.38 bits per heavy atom. The van der Waals surface area contributed by atoms with Gasteiger partial charge in [-0.15, -0.1) is 0 Å². The van der Waals surface area contributed by atoms with E-state index in [1.54, 1.807) is 7.11 Å². The first-order chi connectivity index (χ1) is 12.5. The number of nitrogens with zero attached hydrogens (tertiary/aromatic N) is 3.